The molecule has 0 unspecified atom stereocenters. The van der Waals surface area contributed by atoms with Crippen LogP contribution in [0, 0.1) is 5.92 Å². The van der Waals surface area contributed by atoms with Crippen molar-refractivity contribution in [3.63, 3.8) is 0 Å². The van der Waals surface area contributed by atoms with Gasteiger partial charge >= 0.3 is 0 Å². The van der Waals surface area contributed by atoms with Crippen LogP contribution in [0.25, 0.3) is 0 Å². The Morgan fingerprint density at radius 2 is 1.90 bits per heavy atom. The zero-order valence-corrected chi connectivity index (χ0v) is 13.7. The van der Waals surface area contributed by atoms with Gasteiger partial charge in [-0.2, -0.15) is 0 Å². The number of rotatable bonds is 5. The van der Waals surface area contributed by atoms with Gasteiger partial charge in [0.2, 0.25) is 0 Å². The molecule has 118 valence electrons. The average molecular weight is 304 g/mol. The molecule has 6 heteroatoms. The maximum Gasteiger partial charge on any atom is 0.150 e. The molecule has 2 rings (SSSR count). The first-order valence-electron chi connectivity index (χ1n) is 7.51. The van der Waals surface area contributed by atoms with Gasteiger partial charge in [-0.05, 0) is 39.3 Å². The fourth-order valence-corrected chi connectivity index (χ4v) is 5.00. The molecule has 2 saturated heterocycles. The molecule has 0 N–H and O–H groups in total. The van der Waals surface area contributed by atoms with Crippen LogP contribution in [0.3, 0.4) is 0 Å². The van der Waals surface area contributed by atoms with Crippen molar-refractivity contribution in [2.75, 3.05) is 52.3 Å². The Bertz CT molecular complexity index is 399. The summed E-state index contributed by atoms with van der Waals surface area (Å²) in [4.78, 5) is 4.73. The minimum absolute atomic E-state index is 0.359. The number of likely N-dealkylation sites (tertiary alicyclic amines) is 1. The molecule has 2 fully saturated rings. The predicted octanol–water partition coefficient (Wildman–Crippen LogP) is 0.462. The lowest BCUT2D eigenvalue weighted by Crippen LogP contribution is -2.40. The van der Waals surface area contributed by atoms with Gasteiger partial charge in [0.15, 0.2) is 0 Å². The second-order valence-corrected chi connectivity index (χ2v) is 8.81. The molecule has 2 atom stereocenters. The molecule has 2 aliphatic heterocycles. The maximum atomic E-state index is 11.4. The molecule has 2 heterocycles. The highest BCUT2D eigenvalue weighted by Gasteiger charge is 2.31. The standard InChI is InChI=1S/C14H28N2O3S/c1-15(9-12-4-6-20(17,18)7-5-12)10-13-8-14(19-3)11-16(13)2/h12-14H,4-11H2,1-3H3/t13-,14-/m0/s1. The second kappa shape index (κ2) is 6.73. The Morgan fingerprint density at radius 1 is 1.25 bits per heavy atom. The smallest absolute Gasteiger partial charge is 0.150 e. The molecule has 5 nitrogen and oxygen atoms in total. The van der Waals surface area contributed by atoms with Crippen molar-refractivity contribution in [2.45, 2.75) is 31.4 Å². The third-order valence-corrected chi connectivity index (χ3v) is 6.47. The van der Waals surface area contributed by atoms with Crippen LogP contribution in [-0.2, 0) is 14.6 Å². The van der Waals surface area contributed by atoms with Crippen molar-refractivity contribution in [3.8, 4) is 0 Å². The highest BCUT2D eigenvalue weighted by Crippen LogP contribution is 2.22. The minimum atomic E-state index is -2.74. The largest absolute Gasteiger partial charge is 0.380 e. The highest BCUT2D eigenvalue weighted by atomic mass is 32.2. The molecule has 0 aromatic rings. The molecule has 0 aromatic heterocycles. The van der Waals surface area contributed by atoms with Crippen molar-refractivity contribution in [1.82, 2.24) is 9.80 Å². The van der Waals surface area contributed by atoms with E-state index in [4.69, 9.17) is 4.74 Å². The van der Waals surface area contributed by atoms with Gasteiger partial charge in [0, 0.05) is 32.8 Å². The van der Waals surface area contributed by atoms with Gasteiger partial charge in [-0.1, -0.05) is 0 Å². The third kappa shape index (κ3) is 4.41. The first kappa shape index (κ1) is 16.2. The highest BCUT2D eigenvalue weighted by molar-refractivity contribution is 7.91. The number of methoxy groups -OCH3 is 1. The van der Waals surface area contributed by atoms with E-state index < -0.39 is 9.84 Å². The summed E-state index contributed by atoms with van der Waals surface area (Å²) in [6, 6.07) is 0.553. The zero-order valence-electron chi connectivity index (χ0n) is 12.9. The Hall–Kier alpha value is -0.170. The fraction of sp³-hybridized carbons (Fsp3) is 1.00. The summed E-state index contributed by atoms with van der Waals surface area (Å²) >= 11 is 0. The van der Waals surface area contributed by atoms with Crippen LogP contribution in [0.1, 0.15) is 19.3 Å². The maximum absolute atomic E-state index is 11.4. The van der Waals surface area contributed by atoms with Crippen molar-refractivity contribution in [1.29, 1.82) is 0 Å². The number of hydrogen-bond acceptors (Lipinski definition) is 5. The van der Waals surface area contributed by atoms with Gasteiger partial charge in [-0.3, -0.25) is 4.90 Å². The van der Waals surface area contributed by atoms with E-state index in [1.54, 1.807) is 7.11 Å². The first-order valence-corrected chi connectivity index (χ1v) is 9.34. The summed E-state index contributed by atoms with van der Waals surface area (Å²) in [5.74, 6) is 1.29. The summed E-state index contributed by atoms with van der Waals surface area (Å²) < 4.78 is 28.3. The Kier molecular flexibility index (Phi) is 5.45. The van der Waals surface area contributed by atoms with E-state index in [9.17, 15) is 8.42 Å². The molecular weight excluding hydrogens is 276 g/mol. The van der Waals surface area contributed by atoms with E-state index in [-0.39, 0.29) is 0 Å². The average Bonchev–Trinajstić information content (AvgIpc) is 2.73. The Morgan fingerprint density at radius 3 is 2.45 bits per heavy atom. The molecule has 0 saturated carbocycles. The molecule has 2 aliphatic rings. The van der Waals surface area contributed by atoms with Crippen LogP contribution in [0.5, 0.6) is 0 Å². The van der Waals surface area contributed by atoms with Crippen LogP contribution in [0.2, 0.25) is 0 Å². The van der Waals surface area contributed by atoms with Crippen molar-refractivity contribution < 1.29 is 13.2 Å². The third-order valence-electron chi connectivity index (χ3n) is 4.75. The molecule has 0 spiro atoms. The van der Waals surface area contributed by atoms with E-state index >= 15 is 0 Å². The van der Waals surface area contributed by atoms with Crippen molar-refractivity contribution in [2.24, 2.45) is 5.92 Å². The lowest BCUT2D eigenvalue weighted by molar-refractivity contribution is 0.111. The van der Waals surface area contributed by atoms with E-state index in [0.29, 0.717) is 29.6 Å². The summed E-state index contributed by atoms with van der Waals surface area (Å²) in [5.41, 5.74) is 0. The second-order valence-electron chi connectivity index (χ2n) is 6.50. The lowest BCUT2D eigenvalue weighted by Gasteiger charge is -2.30. The van der Waals surface area contributed by atoms with Gasteiger partial charge in [0.25, 0.3) is 0 Å². The monoisotopic (exact) mass is 304 g/mol. The summed E-state index contributed by atoms with van der Waals surface area (Å²) in [7, 11) is 3.36. The Balaban J connectivity index is 1.74. The number of nitrogens with zero attached hydrogens (tertiary/aromatic N) is 2. The first-order chi connectivity index (χ1) is 9.39. The van der Waals surface area contributed by atoms with E-state index in [2.05, 4.69) is 23.9 Å². The van der Waals surface area contributed by atoms with Crippen LogP contribution >= 0.6 is 0 Å². The quantitative estimate of drug-likeness (QED) is 0.739. The van der Waals surface area contributed by atoms with E-state index in [1.807, 2.05) is 0 Å². The van der Waals surface area contributed by atoms with E-state index in [1.165, 1.54) is 0 Å². The van der Waals surface area contributed by atoms with Gasteiger partial charge in [0.05, 0.1) is 17.6 Å². The minimum Gasteiger partial charge on any atom is -0.380 e. The molecule has 20 heavy (non-hydrogen) atoms. The van der Waals surface area contributed by atoms with Crippen LogP contribution in [0.4, 0.5) is 0 Å². The van der Waals surface area contributed by atoms with Crippen LogP contribution in [0.15, 0.2) is 0 Å². The number of likely N-dealkylation sites (N-methyl/N-ethyl adjacent to an activating group) is 2. The van der Waals surface area contributed by atoms with Gasteiger partial charge in [-0.25, -0.2) is 8.42 Å². The van der Waals surface area contributed by atoms with E-state index in [0.717, 1.165) is 38.9 Å². The van der Waals surface area contributed by atoms with Gasteiger partial charge < -0.3 is 9.64 Å². The summed E-state index contributed by atoms with van der Waals surface area (Å²) in [5, 5.41) is 0. The number of ether oxygens (including phenoxy) is 1. The van der Waals surface area contributed by atoms with Crippen LogP contribution in [-0.4, -0.2) is 82.7 Å². The van der Waals surface area contributed by atoms with Gasteiger partial charge in [-0.15, -0.1) is 0 Å². The van der Waals surface area contributed by atoms with Crippen molar-refractivity contribution in [3.05, 3.63) is 0 Å². The molecule has 0 bridgehead atoms. The molecule has 0 aromatic carbocycles. The number of hydrogen-bond donors (Lipinski definition) is 0. The molecular formula is C14H28N2O3S. The SMILES string of the molecule is CO[C@H]1C[C@@H](CN(C)CC2CCS(=O)(=O)CC2)N(C)C1. The van der Waals surface area contributed by atoms with Crippen molar-refractivity contribution >= 4 is 9.84 Å². The fourth-order valence-electron chi connectivity index (χ4n) is 3.41. The van der Waals surface area contributed by atoms with Gasteiger partial charge in [0.1, 0.15) is 9.84 Å². The normalized spacial score (nSPS) is 32.0. The summed E-state index contributed by atoms with van der Waals surface area (Å²) in [6.45, 7) is 3.06. The molecule has 0 amide bonds. The zero-order chi connectivity index (χ0) is 14.8. The topological polar surface area (TPSA) is 49.9 Å². The van der Waals surface area contributed by atoms with Crippen LogP contribution < -0.4 is 0 Å². The molecule has 0 aliphatic carbocycles. The summed E-state index contributed by atoms with van der Waals surface area (Å²) in [6.07, 6.45) is 3.11. The number of sulfone groups is 1. The Labute approximate surface area is 123 Å². The lowest BCUT2D eigenvalue weighted by atomic mass is 10.0. The molecule has 0 radical (unpaired) electrons. The predicted molar refractivity (Wildman–Crippen MR) is 80.7 cm³/mol.